The number of aromatic nitrogens is 1. The average molecular weight is 401 g/mol. The predicted molar refractivity (Wildman–Crippen MR) is 110 cm³/mol. The summed E-state index contributed by atoms with van der Waals surface area (Å²) >= 11 is 2.81. The number of hydrogen-bond donors (Lipinski definition) is 1. The minimum Gasteiger partial charge on any atom is -0.466 e. The predicted octanol–water partition coefficient (Wildman–Crippen LogP) is 4.52. The molecule has 0 radical (unpaired) electrons. The molecule has 1 atom stereocenters. The van der Waals surface area contributed by atoms with Crippen LogP contribution in [0, 0.1) is 0 Å². The Labute approximate surface area is 166 Å². The summed E-state index contributed by atoms with van der Waals surface area (Å²) in [4.78, 5) is 28.5. The van der Waals surface area contributed by atoms with E-state index in [0.717, 1.165) is 20.8 Å². The molecule has 0 spiro atoms. The van der Waals surface area contributed by atoms with Crippen LogP contribution >= 0.6 is 23.1 Å². The zero-order valence-corrected chi connectivity index (χ0v) is 16.7. The largest absolute Gasteiger partial charge is 0.466 e. The van der Waals surface area contributed by atoms with Crippen molar-refractivity contribution in [3.8, 4) is 0 Å². The van der Waals surface area contributed by atoms with Crippen LogP contribution in [0.5, 0.6) is 0 Å². The Morgan fingerprint density at radius 1 is 1.22 bits per heavy atom. The summed E-state index contributed by atoms with van der Waals surface area (Å²) in [5, 5.41) is 6.61. The van der Waals surface area contributed by atoms with Gasteiger partial charge in [-0.1, -0.05) is 48.2 Å². The first kappa shape index (κ1) is 19.4. The topological polar surface area (TPSA) is 68.3 Å². The highest BCUT2D eigenvalue weighted by molar-refractivity contribution is 8.02. The molecular weight excluding hydrogens is 380 g/mol. The van der Waals surface area contributed by atoms with Crippen LogP contribution in [-0.4, -0.2) is 28.7 Å². The van der Waals surface area contributed by atoms with E-state index in [0.29, 0.717) is 12.3 Å². The highest BCUT2D eigenvalue weighted by atomic mass is 32.2. The summed E-state index contributed by atoms with van der Waals surface area (Å²) in [6.07, 6.45) is 0.154. The van der Waals surface area contributed by atoms with Gasteiger partial charge in [-0.05, 0) is 25.3 Å². The molecule has 7 heteroatoms. The maximum atomic E-state index is 12.6. The van der Waals surface area contributed by atoms with E-state index in [1.807, 2.05) is 54.8 Å². The summed E-state index contributed by atoms with van der Waals surface area (Å²) in [6, 6.07) is 13.8. The maximum absolute atomic E-state index is 12.6. The molecule has 1 heterocycles. The van der Waals surface area contributed by atoms with Gasteiger partial charge in [-0.2, -0.15) is 0 Å². The number of hydrogen-bond acceptors (Lipinski definition) is 6. The molecule has 0 bridgehead atoms. The van der Waals surface area contributed by atoms with Crippen molar-refractivity contribution >= 4 is 51.4 Å². The van der Waals surface area contributed by atoms with Gasteiger partial charge in [0.1, 0.15) is 0 Å². The molecule has 0 aliphatic heterocycles. The van der Waals surface area contributed by atoms with Crippen LogP contribution in [0.15, 0.2) is 52.2 Å². The molecule has 0 saturated heterocycles. The number of rotatable bonds is 7. The van der Waals surface area contributed by atoms with Crippen molar-refractivity contribution in [2.24, 2.45) is 0 Å². The minimum absolute atomic E-state index is 0.0847. The molecule has 3 aromatic rings. The van der Waals surface area contributed by atoms with Gasteiger partial charge in [-0.3, -0.25) is 9.59 Å². The highest BCUT2D eigenvalue weighted by Crippen LogP contribution is 2.29. The molecule has 1 unspecified atom stereocenters. The van der Waals surface area contributed by atoms with Gasteiger partial charge in [0.2, 0.25) is 5.91 Å². The molecule has 1 N–H and O–H groups in total. The molecule has 1 amide bonds. The lowest BCUT2D eigenvalue weighted by Crippen LogP contribution is -2.22. The van der Waals surface area contributed by atoms with Crippen molar-refractivity contribution in [1.82, 2.24) is 4.98 Å². The number of thioether (sulfide) groups is 1. The van der Waals surface area contributed by atoms with Crippen LogP contribution in [0.4, 0.5) is 5.69 Å². The van der Waals surface area contributed by atoms with E-state index < -0.39 is 0 Å². The van der Waals surface area contributed by atoms with Crippen LogP contribution in [0.3, 0.4) is 0 Å². The smallest absolute Gasteiger partial charge is 0.311 e. The van der Waals surface area contributed by atoms with E-state index in [9.17, 15) is 9.59 Å². The fraction of sp³-hybridized carbons (Fsp3) is 0.250. The number of carbonyl (C=O) groups excluding carboxylic acids is 2. The molecule has 5 nitrogen and oxygen atoms in total. The molecule has 0 saturated carbocycles. The lowest BCUT2D eigenvalue weighted by molar-refractivity contribution is -0.142. The van der Waals surface area contributed by atoms with Crippen molar-refractivity contribution < 1.29 is 14.3 Å². The van der Waals surface area contributed by atoms with Crippen LogP contribution in [-0.2, 0) is 20.7 Å². The number of carbonyl (C=O) groups is 2. The molecule has 0 fully saturated rings. The Hall–Kier alpha value is -2.38. The first-order valence-electron chi connectivity index (χ1n) is 8.62. The number of amides is 1. The van der Waals surface area contributed by atoms with E-state index >= 15 is 0 Å². The zero-order valence-electron chi connectivity index (χ0n) is 15.1. The monoisotopic (exact) mass is 400 g/mol. The molecule has 140 valence electrons. The normalized spacial score (nSPS) is 11.9. The minimum atomic E-state index is -0.314. The fourth-order valence-electron chi connectivity index (χ4n) is 2.56. The van der Waals surface area contributed by atoms with Crippen molar-refractivity contribution in [3.05, 3.63) is 53.5 Å². The number of fused-ring (bicyclic) bond motifs is 1. The molecule has 1 aromatic heterocycles. The fourth-order valence-corrected chi connectivity index (χ4v) is 4.54. The Bertz CT molecular complexity index is 950. The zero-order chi connectivity index (χ0) is 19.2. The Kier molecular flexibility index (Phi) is 6.47. The van der Waals surface area contributed by atoms with Crippen LogP contribution in [0.2, 0.25) is 0 Å². The van der Waals surface area contributed by atoms with Crippen LogP contribution < -0.4 is 5.32 Å². The number of ether oxygens (including phenoxy) is 1. The first-order chi connectivity index (χ1) is 13.1. The van der Waals surface area contributed by atoms with Gasteiger partial charge < -0.3 is 10.1 Å². The van der Waals surface area contributed by atoms with Gasteiger partial charge in [0, 0.05) is 16.5 Å². The Morgan fingerprint density at radius 3 is 2.81 bits per heavy atom. The second-order valence-electron chi connectivity index (χ2n) is 5.86. The number of thiazole rings is 1. The summed E-state index contributed by atoms with van der Waals surface area (Å²) < 4.78 is 5.69. The van der Waals surface area contributed by atoms with E-state index in [1.165, 1.54) is 23.1 Å². The second-order valence-corrected chi connectivity index (χ2v) is 8.31. The van der Waals surface area contributed by atoms with Crippen LogP contribution in [0.1, 0.15) is 19.5 Å². The highest BCUT2D eigenvalue weighted by Gasteiger charge is 2.18. The van der Waals surface area contributed by atoms with Crippen molar-refractivity contribution in [2.45, 2.75) is 29.9 Å². The number of nitrogens with zero attached hydrogens (tertiary/aromatic N) is 1. The standard InChI is InChI=1S/C20H20N2O3S2/c1-3-25-18(23)11-15-12-26-20(21-15)27-13(2)19(24)22-17-10-6-8-14-7-4-5-9-16(14)17/h4-10,12-13H,3,11H2,1-2H3,(H,22,24). The number of esters is 1. The number of benzene rings is 2. The quantitative estimate of drug-likeness (QED) is 0.466. The number of nitrogens with one attached hydrogen (secondary N) is 1. The average Bonchev–Trinajstić information content (AvgIpc) is 3.08. The lowest BCUT2D eigenvalue weighted by Gasteiger charge is -2.12. The van der Waals surface area contributed by atoms with Gasteiger partial charge in [0.25, 0.3) is 0 Å². The van der Waals surface area contributed by atoms with E-state index in [2.05, 4.69) is 10.3 Å². The van der Waals surface area contributed by atoms with E-state index in [4.69, 9.17) is 4.74 Å². The van der Waals surface area contributed by atoms with Crippen molar-refractivity contribution in [3.63, 3.8) is 0 Å². The molecule has 2 aromatic carbocycles. The van der Waals surface area contributed by atoms with E-state index in [-0.39, 0.29) is 23.5 Å². The third-order valence-corrected chi connectivity index (χ3v) is 5.98. The summed E-state index contributed by atoms with van der Waals surface area (Å²) in [6.45, 7) is 3.98. The number of anilines is 1. The molecule has 0 aliphatic carbocycles. The van der Waals surface area contributed by atoms with Gasteiger partial charge in [-0.15, -0.1) is 11.3 Å². The third-order valence-electron chi connectivity index (χ3n) is 3.86. The third kappa shape index (κ3) is 5.08. The van der Waals surface area contributed by atoms with E-state index in [1.54, 1.807) is 6.92 Å². The van der Waals surface area contributed by atoms with Gasteiger partial charge in [0.05, 0.1) is 24.0 Å². The molecule has 0 aliphatic rings. The Balaban J connectivity index is 1.62. The summed E-state index contributed by atoms with van der Waals surface area (Å²) in [5.41, 5.74) is 1.47. The lowest BCUT2D eigenvalue weighted by atomic mass is 10.1. The van der Waals surface area contributed by atoms with Gasteiger partial charge in [0.15, 0.2) is 4.34 Å². The summed E-state index contributed by atoms with van der Waals surface area (Å²) in [5.74, 6) is -0.375. The maximum Gasteiger partial charge on any atom is 0.311 e. The SMILES string of the molecule is CCOC(=O)Cc1csc(SC(C)C(=O)Nc2cccc3ccccc23)n1. The van der Waals surface area contributed by atoms with Crippen molar-refractivity contribution in [1.29, 1.82) is 0 Å². The van der Waals surface area contributed by atoms with Gasteiger partial charge >= 0.3 is 5.97 Å². The molecular formula is C20H20N2O3S2. The van der Waals surface area contributed by atoms with Crippen LogP contribution in [0.25, 0.3) is 10.8 Å². The first-order valence-corrected chi connectivity index (χ1v) is 10.4. The second kappa shape index (κ2) is 9.01. The Morgan fingerprint density at radius 2 is 2.00 bits per heavy atom. The summed E-state index contributed by atoms with van der Waals surface area (Å²) in [7, 11) is 0. The van der Waals surface area contributed by atoms with Crippen molar-refractivity contribution in [2.75, 3.05) is 11.9 Å². The van der Waals surface area contributed by atoms with Gasteiger partial charge in [-0.25, -0.2) is 4.98 Å². The molecule has 27 heavy (non-hydrogen) atoms. The molecule has 3 rings (SSSR count).